The summed E-state index contributed by atoms with van der Waals surface area (Å²) >= 11 is 0. The molecule has 3 aliphatic heterocycles. The molecule has 3 aromatic rings. The van der Waals surface area contributed by atoms with Crippen molar-refractivity contribution in [3.63, 3.8) is 0 Å². The molecule has 1 amide bonds. The van der Waals surface area contributed by atoms with Crippen LogP contribution in [0.3, 0.4) is 0 Å². The highest BCUT2D eigenvalue weighted by atomic mass is 16.7. The molecule has 11 heteroatoms. The van der Waals surface area contributed by atoms with Crippen LogP contribution >= 0.6 is 0 Å². The number of aliphatic hydroxyl groups is 2. The lowest BCUT2D eigenvalue weighted by Gasteiger charge is -2.21. The Morgan fingerprint density at radius 2 is 1.94 bits per heavy atom. The Morgan fingerprint density at radius 1 is 1.17 bits per heavy atom. The molecule has 35 heavy (non-hydrogen) atoms. The maximum atomic E-state index is 13.3. The Balaban J connectivity index is 1.54. The molecular weight excluding hydrogens is 458 g/mol. The Hall–Kier alpha value is -3.96. The van der Waals surface area contributed by atoms with Gasteiger partial charge < -0.3 is 33.9 Å². The van der Waals surface area contributed by atoms with Gasteiger partial charge in [-0.25, -0.2) is 9.78 Å². The number of esters is 1. The van der Waals surface area contributed by atoms with Gasteiger partial charge >= 0.3 is 5.97 Å². The number of likely N-dealkylation sites (N-methyl/N-ethyl adjacent to an activating group) is 1. The Bertz CT molecular complexity index is 1490. The summed E-state index contributed by atoms with van der Waals surface area (Å²) in [6, 6.07) is 5.25. The van der Waals surface area contributed by atoms with E-state index in [2.05, 4.69) is 0 Å². The molecule has 2 N–H and O–H groups in total. The van der Waals surface area contributed by atoms with Gasteiger partial charge in [0.25, 0.3) is 5.56 Å². The molecule has 0 radical (unpaired) electrons. The molecule has 0 spiro atoms. The van der Waals surface area contributed by atoms with Crippen LogP contribution < -0.4 is 15.0 Å². The van der Waals surface area contributed by atoms with Gasteiger partial charge in [-0.3, -0.25) is 9.59 Å². The highest BCUT2D eigenvalue weighted by Crippen LogP contribution is 2.42. The summed E-state index contributed by atoms with van der Waals surface area (Å²) in [6.07, 6.45) is -1.09. The normalized spacial score (nSPS) is 17.1. The van der Waals surface area contributed by atoms with Crippen molar-refractivity contribution in [2.24, 2.45) is 0 Å². The standard InChI is InChI=1S/C24H21N3O8/c1-26(20(29)8-28)3-2-11-12-5-18-19(35-10-34-18)6-16(12)25-21-14(11)7-27-17(21)4-13-15(23(27)31)9-33-24(32)22(13)30/h4-6,22,28,30H,2-3,7-10H2,1H3/t22-/m0/s1. The van der Waals surface area contributed by atoms with Crippen LogP contribution in [0.2, 0.25) is 0 Å². The highest BCUT2D eigenvalue weighted by molar-refractivity contribution is 5.91. The van der Waals surface area contributed by atoms with Crippen molar-refractivity contribution in [2.45, 2.75) is 25.7 Å². The maximum absolute atomic E-state index is 13.3. The zero-order chi connectivity index (χ0) is 24.4. The summed E-state index contributed by atoms with van der Waals surface area (Å²) in [5, 5.41) is 20.4. The van der Waals surface area contributed by atoms with Crippen LogP contribution in [-0.4, -0.2) is 63.5 Å². The number of carbonyl (C=O) groups is 2. The second-order valence-electron chi connectivity index (χ2n) is 8.73. The lowest BCUT2D eigenvalue weighted by atomic mass is 9.96. The fraction of sp³-hybridized carbons (Fsp3) is 0.333. The number of hydrogen-bond donors (Lipinski definition) is 2. The van der Waals surface area contributed by atoms with E-state index in [-0.39, 0.29) is 36.6 Å². The van der Waals surface area contributed by atoms with Crippen molar-refractivity contribution in [1.29, 1.82) is 0 Å². The molecule has 11 nitrogen and oxygen atoms in total. The van der Waals surface area contributed by atoms with E-state index in [9.17, 15) is 24.6 Å². The first-order valence-corrected chi connectivity index (χ1v) is 11.1. The number of pyridine rings is 2. The van der Waals surface area contributed by atoms with E-state index in [4.69, 9.17) is 19.2 Å². The highest BCUT2D eigenvalue weighted by Gasteiger charge is 2.35. The molecule has 6 rings (SSSR count). The zero-order valence-corrected chi connectivity index (χ0v) is 18.7. The lowest BCUT2D eigenvalue weighted by molar-refractivity contribution is -0.157. The van der Waals surface area contributed by atoms with Crippen LogP contribution in [-0.2, 0) is 33.9 Å². The van der Waals surface area contributed by atoms with E-state index in [0.717, 1.165) is 16.5 Å². The number of rotatable bonds is 4. The average Bonchev–Trinajstić information content (AvgIpc) is 3.46. The first-order valence-electron chi connectivity index (χ1n) is 11.1. The SMILES string of the molecule is CN(CCc1c2c(nc3cc4c(cc13)OCO4)-c1cc3c(c(=O)n1C2)COC(=O)[C@H]3O)C(=O)CO. The smallest absolute Gasteiger partial charge is 0.340 e. The van der Waals surface area contributed by atoms with Crippen molar-refractivity contribution in [3.05, 3.63) is 50.8 Å². The third-order valence-electron chi connectivity index (χ3n) is 6.83. The molecule has 1 atom stereocenters. The van der Waals surface area contributed by atoms with Gasteiger partial charge in [0.15, 0.2) is 17.6 Å². The van der Waals surface area contributed by atoms with Crippen LogP contribution in [0.15, 0.2) is 23.0 Å². The van der Waals surface area contributed by atoms with E-state index < -0.39 is 24.6 Å². The van der Waals surface area contributed by atoms with E-state index in [1.54, 1.807) is 23.7 Å². The summed E-state index contributed by atoms with van der Waals surface area (Å²) < 4.78 is 17.6. The zero-order valence-electron chi connectivity index (χ0n) is 18.7. The number of benzene rings is 1. The fourth-order valence-electron chi connectivity index (χ4n) is 4.91. The number of ether oxygens (including phenoxy) is 3. The molecule has 0 unspecified atom stereocenters. The van der Waals surface area contributed by atoms with E-state index >= 15 is 0 Å². The number of fused-ring (bicyclic) bond motifs is 6. The van der Waals surface area contributed by atoms with Crippen LogP contribution in [0.1, 0.15) is 28.4 Å². The minimum Gasteiger partial charge on any atom is -0.458 e. The van der Waals surface area contributed by atoms with Gasteiger partial charge in [0.05, 0.1) is 29.0 Å². The molecule has 5 heterocycles. The van der Waals surface area contributed by atoms with E-state index in [1.165, 1.54) is 4.90 Å². The van der Waals surface area contributed by atoms with E-state index in [0.29, 0.717) is 41.4 Å². The largest absolute Gasteiger partial charge is 0.458 e. The minimum atomic E-state index is -1.53. The summed E-state index contributed by atoms with van der Waals surface area (Å²) in [7, 11) is 1.61. The minimum absolute atomic E-state index is 0.104. The second-order valence-corrected chi connectivity index (χ2v) is 8.73. The number of carbonyl (C=O) groups excluding carboxylic acids is 2. The Kier molecular flexibility index (Phi) is 4.80. The third-order valence-corrected chi connectivity index (χ3v) is 6.83. The number of aromatic nitrogens is 2. The fourth-order valence-corrected chi connectivity index (χ4v) is 4.91. The Morgan fingerprint density at radius 3 is 2.71 bits per heavy atom. The van der Waals surface area contributed by atoms with Gasteiger partial charge in [-0.1, -0.05) is 0 Å². The van der Waals surface area contributed by atoms with Gasteiger partial charge in [0.1, 0.15) is 13.2 Å². The van der Waals surface area contributed by atoms with Crippen LogP contribution in [0.4, 0.5) is 0 Å². The van der Waals surface area contributed by atoms with Crippen LogP contribution in [0.25, 0.3) is 22.3 Å². The molecular formula is C24H21N3O8. The van der Waals surface area contributed by atoms with Crippen molar-refractivity contribution in [1.82, 2.24) is 14.5 Å². The number of cyclic esters (lactones) is 1. The predicted octanol–water partition coefficient (Wildman–Crippen LogP) is 0.237. The molecule has 0 saturated carbocycles. The topological polar surface area (TPSA) is 140 Å². The molecule has 180 valence electrons. The van der Waals surface area contributed by atoms with Crippen molar-refractivity contribution in [3.8, 4) is 22.9 Å². The van der Waals surface area contributed by atoms with Crippen molar-refractivity contribution >= 4 is 22.8 Å². The monoisotopic (exact) mass is 479 g/mol. The summed E-state index contributed by atoms with van der Waals surface area (Å²) in [6.45, 7) is -0.0987. The van der Waals surface area contributed by atoms with Gasteiger partial charge in [-0.15, -0.1) is 0 Å². The molecule has 2 aromatic heterocycles. The molecule has 0 aliphatic carbocycles. The molecule has 1 aromatic carbocycles. The van der Waals surface area contributed by atoms with Crippen LogP contribution in [0, 0.1) is 0 Å². The van der Waals surface area contributed by atoms with Gasteiger partial charge in [0.2, 0.25) is 12.7 Å². The van der Waals surface area contributed by atoms with Crippen molar-refractivity contribution in [2.75, 3.05) is 27.0 Å². The molecule has 3 aliphatic rings. The average molecular weight is 479 g/mol. The summed E-state index contributed by atoms with van der Waals surface area (Å²) in [5.41, 5.74) is 3.50. The van der Waals surface area contributed by atoms with E-state index in [1.807, 2.05) is 6.07 Å². The van der Waals surface area contributed by atoms with Gasteiger partial charge in [-0.2, -0.15) is 0 Å². The first kappa shape index (κ1) is 21.6. The number of nitrogens with zero attached hydrogens (tertiary/aromatic N) is 3. The third kappa shape index (κ3) is 3.19. The molecule has 0 fully saturated rings. The predicted molar refractivity (Wildman–Crippen MR) is 120 cm³/mol. The van der Waals surface area contributed by atoms with Crippen molar-refractivity contribution < 1.29 is 34.0 Å². The van der Waals surface area contributed by atoms with Crippen LogP contribution in [0.5, 0.6) is 11.5 Å². The molecule has 0 saturated heterocycles. The number of aliphatic hydroxyl groups excluding tert-OH is 2. The molecule has 0 bridgehead atoms. The quantitative estimate of drug-likeness (QED) is 0.394. The van der Waals surface area contributed by atoms with Gasteiger partial charge in [-0.05, 0) is 24.1 Å². The Labute approximate surface area is 198 Å². The summed E-state index contributed by atoms with van der Waals surface area (Å²) in [4.78, 5) is 43.4. The summed E-state index contributed by atoms with van der Waals surface area (Å²) in [5.74, 6) is -0.0512. The first-order chi connectivity index (χ1) is 16.9. The maximum Gasteiger partial charge on any atom is 0.340 e. The lowest BCUT2D eigenvalue weighted by Crippen LogP contribution is -2.32. The number of amides is 1. The second kappa shape index (κ2) is 7.79. The van der Waals surface area contributed by atoms with Gasteiger partial charge in [0, 0.05) is 36.2 Å². The number of hydrogen-bond acceptors (Lipinski definition) is 9.